The second kappa shape index (κ2) is 12.0. The first-order valence-electron chi connectivity index (χ1n) is 10.2. The molecule has 1 aliphatic heterocycles. The van der Waals surface area contributed by atoms with Gasteiger partial charge in [-0.2, -0.15) is 0 Å². The Labute approximate surface area is 174 Å². The Morgan fingerprint density at radius 2 is 2.14 bits per heavy atom. The summed E-state index contributed by atoms with van der Waals surface area (Å²) in [5.41, 5.74) is 2.22. The molecule has 0 aliphatic carbocycles. The monoisotopic (exact) mass is 426 g/mol. The van der Waals surface area contributed by atoms with Crippen LogP contribution < -0.4 is 20.1 Å². The third-order valence-electron chi connectivity index (χ3n) is 4.74. The highest BCUT2D eigenvalue weighted by Gasteiger charge is 2.17. The van der Waals surface area contributed by atoms with Crippen molar-refractivity contribution in [3.8, 4) is 5.75 Å². The summed E-state index contributed by atoms with van der Waals surface area (Å²) in [6, 6.07) is 6.19. The molecule has 2 rings (SSSR count). The summed E-state index contributed by atoms with van der Waals surface area (Å²) >= 11 is 0. The first-order chi connectivity index (χ1) is 13.9. The van der Waals surface area contributed by atoms with E-state index in [1.165, 1.54) is 0 Å². The number of rotatable bonds is 11. The molecule has 0 amide bonds. The number of hydrogen-bond acceptors (Lipinski definition) is 5. The van der Waals surface area contributed by atoms with Gasteiger partial charge in [0.15, 0.2) is 5.96 Å². The highest BCUT2D eigenvalue weighted by molar-refractivity contribution is 7.89. The van der Waals surface area contributed by atoms with Crippen LogP contribution in [0.3, 0.4) is 0 Å². The summed E-state index contributed by atoms with van der Waals surface area (Å²) < 4.78 is 36.9. The minimum absolute atomic E-state index is 0.0956. The van der Waals surface area contributed by atoms with Crippen molar-refractivity contribution in [3.05, 3.63) is 29.3 Å². The fourth-order valence-corrected chi connectivity index (χ4v) is 3.55. The van der Waals surface area contributed by atoms with Crippen LogP contribution in [-0.4, -0.2) is 60.1 Å². The van der Waals surface area contributed by atoms with E-state index in [-0.39, 0.29) is 5.75 Å². The molecule has 1 aromatic carbocycles. The second-order valence-electron chi connectivity index (χ2n) is 7.16. The number of nitrogens with zero attached hydrogens (tertiary/aromatic N) is 1. The van der Waals surface area contributed by atoms with Gasteiger partial charge in [-0.3, -0.25) is 4.99 Å². The maximum atomic E-state index is 11.4. The molecule has 0 saturated carbocycles. The summed E-state index contributed by atoms with van der Waals surface area (Å²) in [6.45, 7) is 7.53. The van der Waals surface area contributed by atoms with Gasteiger partial charge in [0.1, 0.15) is 5.75 Å². The molecule has 1 unspecified atom stereocenters. The van der Waals surface area contributed by atoms with Gasteiger partial charge in [-0.05, 0) is 38.3 Å². The quantitative estimate of drug-likeness (QED) is 0.281. The van der Waals surface area contributed by atoms with Crippen LogP contribution >= 0.6 is 0 Å². The minimum atomic E-state index is -3.14. The average Bonchev–Trinajstić information content (AvgIpc) is 3.23. The fourth-order valence-electron chi connectivity index (χ4n) is 2.89. The zero-order valence-corrected chi connectivity index (χ0v) is 18.5. The van der Waals surface area contributed by atoms with Gasteiger partial charge < -0.3 is 20.1 Å². The van der Waals surface area contributed by atoms with Gasteiger partial charge in [-0.25, -0.2) is 13.1 Å². The van der Waals surface area contributed by atoms with Crippen molar-refractivity contribution in [3.63, 3.8) is 0 Å². The van der Waals surface area contributed by atoms with E-state index in [0.29, 0.717) is 44.5 Å². The Bertz CT molecular complexity index is 762. The van der Waals surface area contributed by atoms with Crippen molar-refractivity contribution in [2.75, 3.05) is 45.7 Å². The summed E-state index contributed by atoms with van der Waals surface area (Å²) in [6.07, 6.45) is 1.71. The molecule has 0 aromatic heterocycles. The molecule has 8 nitrogen and oxygen atoms in total. The van der Waals surface area contributed by atoms with Crippen LogP contribution in [0.15, 0.2) is 23.2 Å². The zero-order valence-electron chi connectivity index (χ0n) is 17.7. The van der Waals surface area contributed by atoms with Crippen LogP contribution in [0.2, 0.25) is 0 Å². The minimum Gasteiger partial charge on any atom is -0.493 e. The first-order valence-corrected chi connectivity index (χ1v) is 11.8. The lowest BCUT2D eigenvalue weighted by Crippen LogP contribution is -2.38. The number of nitrogens with one attached hydrogen (secondary N) is 3. The van der Waals surface area contributed by atoms with Gasteiger partial charge in [0, 0.05) is 44.8 Å². The van der Waals surface area contributed by atoms with Crippen LogP contribution in [0.5, 0.6) is 5.75 Å². The molecule has 1 saturated heterocycles. The number of aliphatic imine (C=N–C) groups is 1. The molecule has 164 valence electrons. The smallest absolute Gasteiger partial charge is 0.211 e. The lowest BCUT2D eigenvalue weighted by atomic mass is 10.1. The molecule has 3 N–H and O–H groups in total. The van der Waals surface area contributed by atoms with E-state index in [4.69, 9.17) is 9.47 Å². The summed E-state index contributed by atoms with van der Waals surface area (Å²) in [5, 5.41) is 6.49. The van der Waals surface area contributed by atoms with E-state index in [1.807, 2.05) is 0 Å². The Balaban J connectivity index is 1.79. The van der Waals surface area contributed by atoms with Crippen LogP contribution in [-0.2, 0) is 21.3 Å². The number of ether oxygens (including phenoxy) is 2. The Hall–Kier alpha value is -1.84. The third-order valence-corrected chi connectivity index (χ3v) is 6.14. The standard InChI is InChI=1S/C20H34N4O4S/c1-4-29(25,26)24-10-5-9-22-20(21-3)23-13-18-7-6-16(2)12-19(18)28-15-17-8-11-27-14-17/h6-7,12,17,24H,4-5,8-11,13-15H2,1-3H3,(H2,21,22,23). The van der Waals surface area contributed by atoms with Gasteiger partial charge in [-0.15, -0.1) is 0 Å². The lowest BCUT2D eigenvalue weighted by Gasteiger charge is -2.17. The Kier molecular flexibility index (Phi) is 9.69. The summed E-state index contributed by atoms with van der Waals surface area (Å²) in [7, 11) is -1.43. The van der Waals surface area contributed by atoms with E-state index in [9.17, 15) is 8.42 Å². The second-order valence-corrected chi connectivity index (χ2v) is 9.25. The summed E-state index contributed by atoms with van der Waals surface area (Å²) in [4.78, 5) is 4.22. The number of benzene rings is 1. The Morgan fingerprint density at radius 1 is 1.31 bits per heavy atom. The molecule has 1 heterocycles. The van der Waals surface area contributed by atoms with Gasteiger partial charge in [0.2, 0.25) is 10.0 Å². The normalized spacial score (nSPS) is 17.3. The number of hydrogen-bond donors (Lipinski definition) is 3. The van der Waals surface area contributed by atoms with Crippen molar-refractivity contribution >= 4 is 16.0 Å². The average molecular weight is 427 g/mol. The van der Waals surface area contributed by atoms with Gasteiger partial charge in [0.05, 0.1) is 19.0 Å². The zero-order chi connectivity index (χ0) is 21.1. The fraction of sp³-hybridized carbons (Fsp3) is 0.650. The molecule has 0 bridgehead atoms. The molecule has 9 heteroatoms. The van der Waals surface area contributed by atoms with Crippen LogP contribution in [0.4, 0.5) is 0 Å². The summed E-state index contributed by atoms with van der Waals surface area (Å²) in [5.74, 6) is 2.10. The van der Waals surface area contributed by atoms with E-state index in [0.717, 1.165) is 36.5 Å². The maximum Gasteiger partial charge on any atom is 0.211 e. The molecule has 1 atom stereocenters. The van der Waals surface area contributed by atoms with E-state index in [1.54, 1.807) is 14.0 Å². The molecule has 0 spiro atoms. The Morgan fingerprint density at radius 3 is 2.83 bits per heavy atom. The van der Waals surface area contributed by atoms with Crippen LogP contribution in [0, 0.1) is 12.8 Å². The molecule has 1 aromatic rings. The molecule has 1 fully saturated rings. The van der Waals surface area contributed by atoms with Crippen molar-refractivity contribution in [2.45, 2.75) is 33.2 Å². The molecular formula is C20H34N4O4S. The molecule has 1 aliphatic rings. The maximum absolute atomic E-state index is 11.4. The van der Waals surface area contributed by atoms with Gasteiger partial charge >= 0.3 is 0 Å². The molecule has 29 heavy (non-hydrogen) atoms. The SMILES string of the molecule is CCS(=O)(=O)NCCCNC(=NC)NCc1ccc(C)cc1OCC1CCOC1. The van der Waals surface area contributed by atoms with Crippen molar-refractivity contribution < 1.29 is 17.9 Å². The van der Waals surface area contributed by atoms with Crippen LogP contribution in [0.1, 0.15) is 30.9 Å². The lowest BCUT2D eigenvalue weighted by molar-refractivity contribution is 0.166. The number of guanidine groups is 1. The van der Waals surface area contributed by atoms with E-state index >= 15 is 0 Å². The predicted octanol–water partition coefficient (Wildman–Crippen LogP) is 1.40. The third kappa shape index (κ3) is 8.59. The van der Waals surface area contributed by atoms with Crippen LogP contribution in [0.25, 0.3) is 0 Å². The predicted molar refractivity (Wildman–Crippen MR) is 116 cm³/mol. The number of sulfonamides is 1. The highest BCUT2D eigenvalue weighted by atomic mass is 32.2. The molecule has 0 radical (unpaired) electrons. The molecular weight excluding hydrogens is 392 g/mol. The van der Waals surface area contributed by atoms with Crippen molar-refractivity contribution in [2.24, 2.45) is 10.9 Å². The number of aryl methyl sites for hydroxylation is 1. The van der Waals surface area contributed by atoms with Gasteiger partial charge in [-0.1, -0.05) is 12.1 Å². The topological polar surface area (TPSA) is 101 Å². The van der Waals surface area contributed by atoms with E-state index in [2.05, 4.69) is 45.5 Å². The van der Waals surface area contributed by atoms with Crippen molar-refractivity contribution in [1.29, 1.82) is 0 Å². The largest absolute Gasteiger partial charge is 0.493 e. The highest BCUT2D eigenvalue weighted by Crippen LogP contribution is 2.22. The first kappa shape index (κ1) is 23.4. The van der Waals surface area contributed by atoms with Gasteiger partial charge in [0.25, 0.3) is 0 Å². The van der Waals surface area contributed by atoms with E-state index < -0.39 is 10.0 Å². The van der Waals surface area contributed by atoms with Crippen molar-refractivity contribution in [1.82, 2.24) is 15.4 Å².